The molecule has 0 aliphatic carbocycles. The molecule has 3 aromatic rings. The van der Waals surface area contributed by atoms with Crippen molar-refractivity contribution in [1.29, 1.82) is 0 Å². The van der Waals surface area contributed by atoms with Gasteiger partial charge in [-0.05, 0) is 32.2 Å². The van der Waals surface area contributed by atoms with E-state index in [9.17, 15) is 9.18 Å². The molecular formula is C18H18FN3O. The van der Waals surface area contributed by atoms with Crippen LogP contribution in [0.4, 0.5) is 4.39 Å². The van der Waals surface area contributed by atoms with E-state index in [1.165, 1.54) is 12.1 Å². The van der Waals surface area contributed by atoms with Crippen molar-refractivity contribution in [3.63, 3.8) is 0 Å². The number of nitrogens with zero attached hydrogens (tertiary/aromatic N) is 3. The molecular weight excluding hydrogens is 293 g/mol. The maximum absolute atomic E-state index is 13.7. The fraction of sp³-hybridized carbons (Fsp3) is 0.222. The summed E-state index contributed by atoms with van der Waals surface area (Å²) in [5.74, 6) is -0.221. The SMILES string of the molecule is Cc1cccc2nc(CN(C)Cc3ccccc3F)cc(=O)n12. The number of benzene rings is 1. The summed E-state index contributed by atoms with van der Waals surface area (Å²) < 4.78 is 15.3. The predicted octanol–water partition coefficient (Wildman–Crippen LogP) is 2.77. The van der Waals surface area contributed by atoms with Crippen LogP contribution >= 0.6 is 0 Å². The number of hydrogen-bond donors (Lipinski definition) is 0. The molecule has 0 amide bonds. The highest BCUT2D eigenvalue weighted by atomic mass is 19.1. The zero-order valence-corrected chi connectivity index (χ0v) is 13.2. The summed E-state index contributed by atoms with van der Waals surface area (Å²) >= 11 is 0. The van der Waals surface area contributed by atoms with Crippen LogP contribution in [0.3, 0.4) is 0 Å². The van der Waals surface area contributed by atoms with Gasteiger partial charge in [0.1, 0.15) is 11.5 Å². The van der Waals surface area contributed by atoms with Gasteiger partial charge in [-0.15, -0.1) is 0 Å². The number of aromatic nitrogens is 2. The highest BCUT2D eigenvalue weighted by Gasteiger charge is 2.09. The van der Waals surface area contributed by atoms with E-state index in [-0.39, 0.29) is 11.4 Å². The zero-order chi connectivity index (χ0) is 16.4. The van der Waals surface area contributed by atoms with Crippen molar-refractivity contribution in [2.45, 2.75) is 20.0 Å². The summed E-state index contributed by atoms with van der Waals surface area (Å²) in [5.41, 5.74) is 2.70. The molecule has 0 unspecified atom stereocenters. The van der Waals surface area contributed by atoms with E-state index in [4.69, 9.17) is 0 Å². The third-order valence-corrected chi connectivity index (χ3v) is 3.76. The molecule has 0 bridgehead atoms. The second kappa shape index (κ2) is 6.30. The summed E-state index contributed by atoms with van der Waals surface area (Å²) in [5, 5.41) is 0. The molecule has 118 valence electrons. The van der Waals surface area contributed by atoms with Crippen molar-refractivity contribution >= 4 is 5.65 Å². The lowest BCUT2D eigenvalue weighted by Gasteiger charge is -2.17. The second-order valence-corrected chi connectivity index (χ2v) is 5.71. The Bertz CT molecular complexity index is 904. The molecule has 0 N–H and O–H groups in total. The van der Waals surface area contributed by atoms with Crippen molar-refractivity contribution < 1.29 is 4.39 Å². The lowest BCUT2D eigenvalue weighted by Crippen LogP contribution is -2.23. The Morgan fingerprint density at radius 3 is 2.70 bits per heavy atom. The first-order chi connectivity index (χ1) is 11.0. The molecule has 0 fully saturated rings. The van der Waals surface area contributed by atoms with Crippen LogP contribution in [0.15, 0.2) is 53.3 Å². The largest absolute Gasteiger partial charge is 0.296 e. The Kier molecular flexibility index (Phi) is 4.21. The average molecular weight is 311 g/mol. The van der Waals surface area contributed by atoms with E-state index in [2.05, 4.69) is 4.98 Å². The monoisotopic (exact) mass is 311 g/mol. The molecule has 0 saturated heterocycles. The summed E-state index contributed by atoms with van der Waals surface area (Å²) in [6, 6.07) is 13.8. The quantitative estimate of drug-likeness (QED) is 0.743. The van der Waals surface area contributed by atoms with Gasteiger partial charge in [-0.1, -0.05) is 24.3 Å². The number of aryl methyl sites for hydroxylation is 1. The Hall–Kier alpha value is -2.53. The van der Waals surface area contributed by atoms with Crippen molar-refractivity contribution in [2.24, 2.45) is 0 Å². The van der Waals surface area contributed by atoms with Gasteiger partial charge in [0.05, 0.1) is 5.69 Å². The number of pyridine rings is 1. The minimum atomic E-state index is -0.221. The third-order valence-electron chi connectivity index (χ3n) is 3.76. The standard InChI is InChI=1S/C18H18FN3O/c1-13-6-5-9-17-20-15(10-18(23)22(13)17)12-21(2)11-14-7-3-4-8-16(14)19/h3-10H,11-12H2,1-2H3. The van der Waals surface area contributed by atoms with Crippen LogP contribution in [0.2, 0.25) is 0 Å². The number of rotatable bonds is 4. The van der Waals surface area contributed by atoms with Crippen LogP contribution in [0.5, 0.6) is 0 Å². The van der Waals surface area contributed by atoms with Gasteiger partial charge in [0.15, 0.2) is 0 Å². The minimum Gasteiger partial charge on any atom is -0.296 e. The molecule has 1 aromatic carbocycles. The van der Waals surface area contributed by atoms with Gasteiger partial charge >= 0.3 is 0 Å². The number of hydrogen-bond acceptors (Lipinski definition) is 3. The maximum Gasteiger partial charge on any atom is 0.258 e. The van der Waals surface area contributed by atoms with E-state index >= 15 is 0 Å². The minimum absolute atomic E-state index is 0.0950. The van der Waals surface area contributed by atoms with E-state index in [1.807, 2.05) is 43.1 Å². The van der Waals surface area contributed by atoms with Crippen LogP contribution in [-0.4, -0.2) is 21.3 Å². The van der Waals surface area contributed by atoms with Crippen LogP contribution in [0, 0.1) is 12.7 Å². The number of fused-ring (bicyclic) bond motifs is 1. The van der Waals surface area contributed by atoms with Gasteiger partial charge in [-0.2, -0.15) is 0 Å². The third kappa shape index (κ3) is 3.29. The van der Waals surface area contributed by atoms with Gasteiger partial charge in [-0.25, -0.2) is 9.37 Å². The van der Waals surface area contributed by atoms with Gasteiger partial charge in [0.2, 0.25) is 0 Å². The lowest BCUT2D eigenvalue weighted by molar-refractivity contribution is 0.309. The highest BCUT2D eigenvalue weighted by molar-refractivity contribution is 5.40. The Labute approximate surface area is 133 Å². The van der Waals surface area contributed by atoms with Crippen LogP contribution in [0.25, 0.3) is 5.65 Å². The predicted molar refractivity (Wildman–Crippen MR) is 87.8 cm³/mol. The van der Waals surface area contributed by atoms with E-state index in [0.29, 0.717) is 30.0 Å². The summed E-state index contributed by atoms with van der Waals surface area (Å²) in [4.78, 5) is 18.7. The molecule has 2 aromatic heterocycles. The van der Waals surface area contributed by atoms with Crippen LogP contribution in [-0.2, 0) is 13.1 Å². The van der Waals surface area contributed by atoms with Gasteiger partial charge in [0.25, 0.3) is 5.56 Å². The Morgan fingerprint density at radius 2 is 1.91 bits per heavy atom. The molecule has 0 spiro atoms. The Morgan fingerprint density at radius 1 is 1.13 bits per heavy atom. The summed E-state index contributed by atoms with van der Waals surface area (Å²) in [6.07, 6.45) is 0. The number of halogens is 1. The molecule has 0 saturated carbocycles. The van der Waals surface area contributed by atoms with Crippen molar-refractivity contribution in [3.8, 4) is 0 Å². The normalized spacial score (nSPS) is 11.3. The molecule has 0 radical (unpaired) electrons. The molecule has 5 heteroatoms. The van der Waals surface area contributed by atoms with Crippen molar-refractivity contribution in [2.75, 3.05) is 7.05 Å². The molecule has 3 rings (SSSR count). The average Bonchev–Trinajstić information content (AvgIpc) is 2.49. The molecule has 0 aliphatic heterocycles. The maximum atomic E-state index is 13.7. The highest BCUT2D eigenvalue weighted by Crippen LogP contribution is 2.11. The van der Waals surface area contributed by atoms with Gasteiger partial charge in [0, 0.05) is 30.4 Å². The fourth-order valence-electron chi connectivity index (χ4n) is 2.69. The first-order valence-corrected chi connectivity index (χ1v) is 7.45. The topological polar surface area (TPSA) is 37.6 Å². The van der Waals surface area contributed by atoms with E-state index in [1.54, 1.807) is 16.5 Å². The molecule has 23 heavy (non-hydrogen) atoms. The first kappa shape index (κ1) is 15.4. The lowest BCUT2D eigenvalue weighted by atomic mass is 10.2. The summed E-state index contributed by atoms with van der Waals surface area (Å²) in [6.45, 7) is 2.82. The second-order valence-electron chi connectivity index (χ2n) is 5.71. The summed E-state index contributed by atoms with van der Waals surface area (Å²) in [7, 11) is 1.88. The van der Waals surface area contributed by atoms with Crippen molar-refractivity contribution in [3.05, 3.63) is 81.7 Å². The van der Waals surface area contributed by atoms with Gasteiger partial charge < -0.3 is 0 Å². The van der Waals surface area contributed by atoms with Crippen molar-refractivity contribution in [1.82, 2.24) is 14.3 Å². The van der Waals surface area contributed by atoms with Crippen LogP contribution < -0.4 is 5.56 Å². The molecule has 4 nitrogen and oxygen atoms in total. The smallest absolute Gasteiger partial charge is 0.258 e. The van der Waals surface area contributed by atoms with E-state index < -0.39 is 0 Å². The first-order valence-electron chi connectivity index (χ1n) is 7.45. The fourth-order valence-corrected chi connectivity index (χ4v) is 2.69. The molecule has 2 heterocycles. The Balaban J connectivity index is 1.84. The van der Waals surface area contributed by atoms with Crippen LogP contribution in [0.1, 0.15) is 17.0 Å². The van der Waals surface area contributed by atoms with Gasteiger partial charge in [-0.3, -0.25) is 14.1 Å². The zero-order valence-electron chi connectivity index (χ0n) is 13.2. The molecule has 0 aliphatic rings. The van der Waals surface area contributed by atoms with E-state index in [0.717, 1.165) is 5.69 Å². The molecule has 0 atom stereocenters.